The first-order chi connectivity index (χ1) is 14.0. The van der Waals surface area contributed by atoms with E-state index in [0.29, 0.717) is 25.7 Å². The average Bonchev–Trinajstić information content (AvgIpc) is 3.13. The molecule has 1 aliphatic carbocycles. The molecule has 1 aliphatic heterocycles. The molecule has 2 atom stereocenters. The maximum absolute atomic E-state index is 10.2. The van der Waals surface area contributed by atoms with Crippen molar-refractivity contribution in [3.63, 3.8) is 0 Å². The lowest BCUT2D eigenvalue weighted by Gasteiger charge is -2.40. The van der Waals surface area contributed by atoms with Crippen LogP contribution in [-0.2, 0) is 4.74 Å². The molecule has 3 N–H and O–H groups in total. The molecule has 2 unspecified atom stereocenters. The minimum Gasteiger partial charge on any atom is -0.487 e. The van der Waals surface area contributed by atoms with Crippen LogP contribution in [0.2, 0.25) is 0 Å². The van der Waals surface area contributed by atoms with E-state index >= 15 is 0 Å². The largest absolute Gasteiger partial charge is 0.487 e. The third kappa shape index (κ3) is 6.99. The molecular formula is C23H38IN3O3. The number of nitrogens with one attached hydrogen (secondary N) is 2. The Morgan fingerprint density at radius 1 is 1.27 bits per heavy atom. The van der Waals surface area contributed by atoms with Gasteiger partial charge in [-0.2, -0.15) is 0 Å². The van der Waals surface area contributed by atoms with Crippen LogP contribution in [0.5, 0.6) is 5.75 Å². The number of aliphatic hydroxyl groups is 1. The third-order valence-electron chi connectivity index (χ3n) is 5.59. The van der Waals surface area contributed by atoms with Crippen molar-refractivity contribution in [1.82, 2.24) is 10.6 Å². The molecule has 6 nitrogen and oxygen atoms in total. The standard InChI is InChI=1S/C23H37N3O3.HI/c1-4-24-22(25-14-18(27)16-28-15-17(2)3)26-20-13-23(11-7-8-12-23)29-21-10-6-5-9-19(20)21;/h5-6,9-10,17-18,20,27H,4,7-8,11-16H2,1-3H3,(H2,24,25,26);1H. The number of guanidine groups is 1. The Labute approximate surface area is 198 Å². The van der Waals surface area contributed by atoms with Crippen LogP contribution in [0.1, 0.15) is 64.5 Å². The van der Waals surface area contributed by atoms with Crippen LogP contribution in [0.3, 0.4) is 0 Å². The number of hydrogen-bond acceptors (Lipinski definition) is 4. The van der Waals surface area contributed by atoms with Crippen molar-refractivity contribution in [1.29, 1.82) is 0 Å². The summed E-state index contributed by atoms with van der Waals surface area (Å²) in [5.74, 6) is 2.17. The van der Waals surface area contributed by atoms with Gasteiger partial charge in [0.2, 0.25) is 0 Å². The molecule has 30 heavy (non-hydrogen) atoms. The van der Waals surface area contributed by atoms with Crippen molar-refractivity contribution in [2.45, 2.75) is 70.6 Å². The summed E-state index contributed by atoms with van der Waals surface area (Å²) in [4.78, 5) is 4.62. The SMILES string of the molecule is CCNC(=NCC(O)COCC(C)C)NC1CC2(CCCC2)Oc2ccccc21.I. The quantitative estimate of drug-likeness (QED) is 0.269. The summed E-state index contributed by atoms with van der Waals surface area (Å²) < 4.78 is 12.0. The van der Waals surface area contributed by atoms with Crippen LogP contribution >= 0.6 is 24.0 Å². The van der Waals surface area contributed by atoms with Crippen LogP contribution in [0, 0.1) is 5.92 Å². The molecule has 7 heteroatoms. The lowest BCUT2D eigenvalue weighted by molar-refractivity contribution is 0.0300. The molecule has 1 saturated carbocycles. The van der Waals surface area contributed by atoms with Gasteiger partial charge in [0.1, 0.15) is 11.4 Å². The van der Waals surface area contributed by atoms with Gasteiger partial charge in [-0.25, -0.2) is 0 Å². The van der Waals surface area contributed by atoms with Crippen molar-refractivity contribution >= 4 is 29.9 Å². The van der Waals surface area contributed by atoms with E-state index in [1.807, 2.05) is 6.07 Å². The van der Waals surface area contributed by atoms with Crippen LogP contribution in [0.15, 0.2) is 29.3 Å². The summed E-state index contributed by atoms with van der Waals surface area (Å²) >= 11 is 0. The topological polar surface area (TPSA) is 75.1 Å². The van der Waals surface area contributed by atoms with E-state index in [0.717, 1.165) is 37.5 Å². The Balaban J connectivity index is 0.00000320. The molecule has 0 amide bonds. The Hall–Kier alpha value is -1.06. The molecular weight excluding hydrogens is 493 g/mol. The first-order valence-electron chi connectivity index (χ1n) is 11.1. The lowest BCUT2D eigenvalue weighted by atomic mass is 9.86. The van der Waals surface area contributed by atoms with Gasteiger partial charge in [0.15, 0.2) is 5.96 Å². The molecule has 1 aromatic carbocycles. The van der Waals surface area contributed by atoms with Gasteiger partial charge >= 0.3 is 0 Å². The number of benzene rings is 1. The highest BCUT2D eigenvalue weighted by Gasteiger charge is 2.43. The van der Waals surface area contributed by atoms with E-state index in [9.17, 15) is 5.11 Å². The van der Waals surface area contributed by atoms with Gasteiger partial charge in [0.25, 0.3) is 0 Å². The summed E-state index contributed by atoms with van der Waals surface area (Å²) in [5, 5.41) is 17.1. The number of ether oxygens (including phenoxy) is 2. The van der Waals surface area contributed by atoms with Crippen LogP contribution in [-0.4, -0.2) is 49.1 Å². The second-order valence-electron chi connectivity index (χ2n) is 8.74. The zero-order valence-electron chi connectivity index (χ0n) is 18.5. The van der Waals surface area contributed by atoms with E-state index in [1.165, 1.54) is 18.4 Å². The highest BCUT2D eigenvalue weighted by atomic mass is 127. The lowest BCUT2D eigenvalue weighted by Crippen LogP contribution is -2.47. The minimum atomic E-state index is -0.604. The number of rotatable bonds is 8. The monoisotopic (exact) mass is 531 g/mol. The summed E-state index contributed by atoms with van der Waals surface area (Å²) in [7, 11) is 0. The summed E-state index contributed by atoms with van der Waals surface area (Å²) in [6.07, 6.45) is 5.01. The van der Waals surface area contributed by atoms with E-state index in [2.05, 4.69) is 54.6 Å². The smallest absolute Gasteiger partial charge is 0.191 e. The molecule has 1 fully saturated rings. The molecule has 1 heterocycles. The molecule has 2 aliphatic rings. The van der Waals surface area contributed by atoms with Crippen LogP contribution < -0.4 is 15.4 Å². The predicted octanol–water partition coefficient (Wildman–Crippen LogP) is 4.03. The fourth-order valence-electron chi connectivity index (χ4n) is 4.25. The normalized spacial score (nSPS) is 21.0. The number of hydrogen-bond donors (Lipinski definition) is 3. The second-order valence-corrected chi connectivity index (χ2v) is 8.74. The average molecular weight is 531 g/mol. The number of halogens is 1. The van der Waals surface area contributed by atoms with Crippen molar-refractivity contribution in [2.75, 3.05) is 26.3 Å². The maximum Gasteiger partial charge on any atom is 0.191 e. The van der Waals surface area contributed by atoms with Crippen LogP contribution in [0.4, 0.5) is 0 Å². The molecule has 0 saturated heterocycles. The molecule has 170 valence electrons. The Bertz CT molecular complexity index is 677. The van der Waals surface area contributed by atoms with Gasteiger partial charge < -0.3 is 25.2 Å². The first-order valence-corrected chi connectivity index (χ1v) is 11.1. The van der Waals surface area contributed by atoms with Crippen molar-refractivity contribution in [3.05, 3.63) is 29.8 Å². The van der Waals surface area contributed by atoms with Gasteiger partial charge in [-0.05, 0) is 44.6 Å². The van der Waals surface area contributed by atoms with E-state index < -0.39 is 6.10 Å². The van der Waals surface area contributed by atoms with Gasteiger partial charge in [0.05, 0.1) is 25.3 Å². The van der Waals surface area contributed by atoms with E-state index in [1.54, 1.807) is 0 Å². The molecule has 3 rings (SSSR count). The number of fused-ring (bicyclic) bond motifs is 1. The van der Waals surface area contributed by atoms with Crippen molar-refractivity contribution in [2.24, 2.45) is 10.9 Å². The Kier molecular flexibility index (Phi) is 10.2. The van der Waals surface area contributed by atoms with E-state index in [-0.39, 0.29) is 35.6 Å². The fraction of sp³-hybridized carbons (Fsp3) is 0.696. The fourth-order valence-corrected chi connectivity index (χ4v) is 4.25. The predicted molar refractivity (Wildman–Crippen MR) is 132 cm³/mol. The first kappa shape index (κ1) is 25.2. The summed E-state index contributed by atoms with van der Waals surface area (Å²) in [6, 6.07) is 8.45. The van der Waals surface area contributed by atoms with Gasteiger partial charge in [-0.1, -0.05) is 32.0 Å². The molecule has 0 bridgehead atoms. The number of para-hydroxylation sites is 1. The second kappa shape index (κ2) is 12.1. The molecule has 1 aromatic rings. The summed E-state index contributed by atoms with van der Waals surface area (Å²) in [5.41, 5.74) is 1.12. The molecule has 0 aromatic heterocycles. The van der Waals surface area contributed by atoms with Crippen molar-refractivity contribution in [3.8, 4) is 5.75 Å². The summed E-state index contributed by atoms with van der Waals surface area (Å²) in [6.45, 7) is 8.28. The maximum atomic E-state index is 10.2. The van der Waals surface area contributed by atoms with E-state index in [4.69, 9.17) is 9.47 Å². The van der Waals surface area contributed by atoms with Gasteiger partial charge in [-0.3, -0.25) is 4.99 Å². The third-order valence-corrected chi connectivity index (χ3v) is 5.59. The Morgan fingerprint density at radius 2 is 2.00 bits per heavy atom. The molecule has 0 radical (unpaired) electrons. The number of nitrogens with zero attached hydrogens (tertiary/aromatic N) is 1. The zero-order chi connectivity index (χ0) is 20.7. The van der Waals surface area contributed by atoms with Crippen molar-refractivity contribution < 1.29 is 14.6 Å². The van der Waals surface area contributed by atoms with Gasteiger partial charge in [-0.15, -0.1) is 24.0 Å². The number of aliphatic imine (C=N–C) groups is 1. The highest BCUT2D eigenvalue weighted by molar-refractivity contribution is 14.0. The zero-order valence-corrected chi connectivity index (χ0v) is 20.9. The number of aliphatic hydroxyl groups excluding tert-OH is 1. The minimum absolute atomic E-state index is 0. The van der Waals surface area contributed by atoms with Gasteiger partial charge in [0, 0.05) is 25.1 Å². The molecule has 1 spiro atoms. The Morgan fingerprint density at radius 3 is 2.70 bits per heavy atom. The highest BCUT2D eigenvalue weighted by Crippen LogP contribution is 2.46. The van der Waals surface area contributed by atoms with Crippen LogP contribution in [0.25, 0.3) is 0 Å².